The zero-order valence-corrected chi connectivity index (χ0v) is 19.1. The summed E-state index contributed by atoms with van der Waals surface area (Å²) in [5.41, 5.74) is 5.05. The molecule has 2 aliphatic carbocycles. The summed E-state index contributed by atoms with van der Waals surface area (Å²) in [6.45, 7) is 0. The Morgan fingerprint density at radius 2 is 1.89 bits per heavy atom. The molecule has 6 rings (SSSR count). The Labute approximate surface area is 202 Å². The second-order valence-corrected chi connectivity index (χ2v) is 9.96. The van der Waals surface area contributed by atoms with Crippen LogP contribution in [-0.4, -0.2) is 16.0 Å². The van der Waals surface area contributed by atoms with Crippen molar-refractivity contribution in [2.75, 3.05) is 0 Å². The molecule has 3 nitrogen and oxygen atoms in total. The average molecular weight is 495 g/mol. The lowest BCUT2D eigenvalue weighted by Crippen LogP contribution is -2.22. The molecule has 1 N–H and O–H groups in total. The quantitative estimate of drug-likeness (QED) is 0.302. The Balaban J connectivity index is 1.60. The second kappa shape index (κ2) is 7.87. The molecule has 3 aromatic carbocycles. The maximum atomic E-state index is 15.0. The van der Waals surface area contributed by atoms with Crippen molar-refractivity contribution in [3.05, 3.63) is 87.2 Å². The van der Waals surface area contributed by atoms with Crippen LogP contribution in [0.1, 0.15) is 64.4 Å². The van der Waals surface area contributed by atoms with Gasteiger partial charge in [-0.1, -0.05) is 24.3 Å². The van der Waals surface area contributed by atoms with E-state index in [0.29, 0.717) is 27.8 Å². The number of nitrogens with zero attached hydrogens (tertiary/aromatic N) is 2. The molecule has 0 fully saturated rings. The van der Waals surface area contributed by atoms with Gasteiger partial charge >= 0.3 is 0 Å². The van der Waals surface area contributed by atoms with Crippen molar-refractivity contribution in [2.24, 2.45) is 0 Å². The fraction of sp³-hybridized carbons (Fsp3) is 0.259. The number of rotatable bonds is 2. The minimum Gasteiger partial charge on any atom is -0.382 e. The highest BCUT2D eigenvalue weighted by Gasteiger charge is 2.50. The zero-order valence-electron chi connectivity index (χ0n) is 18.2. The van der Waals surface area contributed by atoms with Gasteiger partial charge in [-0.05, 0) is 64.4 Å². The van der Waals surface area contributed by atoms with Crippen LogP contribution < -0.4 is 0 Å². The Morgan fingerprint density at radius 3 is 2.69 bits per heavy atom. The van der Waals surface area contributed by atoms with Crippen LogP contribution in [0, 0.1) is 17.1 Å². The van der Waals surface area contributed by atoms with Crippen LogP contribution in [0.5, 0.6) is 0 Å². The van der Waals surface area contributed by atoms with Crippen LogP contribution >= 0.6 is 11.3 Å². The van der Waals surface area contributed by atoms with Crippen LogP contribution in [-0.2, 0) is 6.42 Å². The van der Waals surface area contributed by atoms with E-state index in [1.165, 1.54) is 11.3 Å². The third-order valence-corrected chi connectivity index (χ3v) is 8.07. The third-order valence-electron chi connectivity index (χ3n) is 7.19. The van der Waals surface area contributed by atoms with Gasteiger partial charge in [-0.15, -0.1) is 11.3 Å². The van der Waals surface area contributed by atoms with Crippen molar-refractivity contribution in [3.63, 3.8) is 0 Å². The molecule has 176 valence electrons. The van der Waals surface area contributed by atoms with Gasteiger partial charge in [-0.25, -0.2) is 22.5 Å². The summed E-state index contributed by atoms with van der Waals surface area (Å²) in [7, 11) is 0. The molecular formula is C27H18F4N2OS. The maximum Gasteiger partial charge on any atom is 0.281 e. The molecule has 35 heavy (non-hydrogen) atoms. The summed E-state index contributed by atoms with van der Waals surface area (Å²) in [6, 6.07) is 13.0. The number of hydrogen-bond donors (Lipinski definition) is 1. The van der Waals surface area contributed by atoms with Crippen molar-refractivity contribution in [1.29, 1.82) is 5.26 Å². The lowest BCUT2D eigenvalue weighted by atomic mass is 9.74. The molecule has 1 heterocycles. The van der Waals surface area contributed by atoms with Crippen molar-refractivity contribution in [3.8, 4) is 17.2 Å². The zero-order chi connectivity index (χ0) is 24.5. The van der Waals surface area contributed by atoms with Gasteiger partial charge in [0.25, 0.3) is 5.92 Å². The van der Waals surface area contributed by atoms with E-state index in [-0.39, 0.29) is 29.5 Å². The minimum atomic E-state index is -3.38. The lowest BCUT2D eigenvalue weighted by molar-refractivity contribution is -0.0966. The van der Waals surface area contributed by atoms with E-state index in [1.54, 1.807) is 23.7 Å². The normalized spacial score (nSPS) is 22.6. The van der Waals surface area contributed by atoms with Gasteiger partial charge in [0.1, 0.15) is 18.1 Å². The first-order chi connectivity index (χ1) is 16.8. The monoisotopic (exact) mass is 494 g/mol. The van der Waals surface area contributed by atoms with E-state index in [4.69, 9.17) is 0 Å². The van der Waals surface area contributed by atoms with Gasteiger partial charge in [0.05, 0.1) is 27.4 Å². The number of halogens is 4. The standard InChI is InChI=1S/C27H18F4N2OS/c28-14-8-13(11-32)23-16(6-7-21(29)19(23)9-14)15-4-5-17(24-20(15)10-27(30,31)26(24)34)18-2-1-3-22-25(18)35-12-33-22/h1-5,8-9,12,16,21,26,34H,6-7,10H2/t16-,21+,26+/m1/s1. The van der Waals surface area contributed by atoms with Crippen LogP contribution in [0.3, 0.4) is 0 Å². The molecule has 2 aliphatic rings. The predicted octanol–water partition coefficient (Wildman–Crippen LogP) is 7.14. The second-order valence-electron chi connectivity index (χ2n) is 9.11. The van der Waals surface area contributed by atoms with Gasteiger partial charge in [0.15, 0.2) is 0 Å². The summed E-state index contributed by atoms with van der Waals surface area (Å²) < 4.78 is 59.6. The summed E-state index contributed by atoms with van der Waals surface area (Å²) in [5.74, 6) is -4.64. The number of benzene rings is 3. The molecule has 0 radical (unpaired) electrons. The van der Waals surface area contributed by atoms with Crippen LogP contribution in [0.25, 0.3) is 21.3 Å². The average Bonchev–Trinajstić information content (AvgIpc) is 3.41. The van der Waals surface area contributed by atoms with Crippen LogP contribution in [0.2, 0.25) is 0 Å². The van der Waals surface area contributed by atoms with E-state index in [1.807, 2.05) is 18.2 Å². The smallest absolute Gasteiger partial charge is 0.281 e. The van der Waals surface area contributed by atoms with Crippen LogP contribution in [0.15, 0.2) is 48.0 Å². The first-order valence-electron chi connectivity index (χ1n) is 11.2. The number of hydrogen-bond acceptors (Lipinski definition) is 4. The molecule has 0 amide bonds. The topological polar surface area (TPSA) is 56.9 Å². The van der Waals surface area contributed by atoms with E-state index in [0.717, 1.165) is 22.3 Å². The first kappa shape index (κ1) is 22.2. The van der Waals surface area contributed by atoms with E-state index >= 15 is 0 Å². The van der Waals surface area contributed by atoms with Crippen molar-refractivity contribution >= 4 is 21.6 Å². The number of fused-ring (bicyclic) bond motifs is 3. The molecule has 0 saturated heterocycles. The highest BCUT2D eigenvalue weighted by atomic mass is 32.1. The van der Waals surface area contributed by atoms with E-state index in [2.05, 4.69) is 4.98 Å². The first-order valence-corrected chi connectivity index (χ1v) is 12.1. The number of aliphatic hydroxyl groups is 1. The minimum absolute atomic E-state index is 0.00455. The molecule has 8 heteroatoms. The molecule has 3 atom stereocenters. The van der Waals surface area contributed by atoms with Crippen LogP contribution in [0.4, 0.5) is 17.6 Å². The lowest BCUT2D eigenvalue weighted by Gasteiger charge is -2.31. The van der Waals surface area contributed by atoms with Crippen molar-refractivity contribution < 1.29 is 22.7 Å². The summed E-state index contributed by atoms with van der Waals surface area (Å²) in [5, 5.41) is 20.4. The maximum absolute atomic E-state index is 15.0. The summed E-state index contributed by atoms with van der Waals surface area (Å²) >= 11 is 1.39. The molecule has 0 aliphatic heterocycles. The Bertz CT molecular complexity index is 1540. The van der Waals surface area contributed by atoms with E-state index < -0.39 is 36.4 Å². The molecule has 4 aromatic rings. The van der Waals surface area contributed by atoms with Gasteiger partial charge in [0.2, 0.25) is 0 Å². The number of aliphatic hydroxyl groups excluding tert-OH is 1. The van der Waals surface area contributed by atoms with Gasteiger partial charge < -0.3 is 5.11 Å². The largest absolute Gasteiger partial charge is 0.382 e. The highest BCUT2D eigenvalue weighted by molar-refractivity contribution is 7.17. The molecular weight excluding hydrogens is 476 g/mol. The Morgan fingerprint density at radius 1 is 1.06 bits per heavy atom. The predicted molar refractivity (Wildman–Crippen MR) is 125 cm³/mol. The summed E-state index contributed by atoms with van der Waals surface area (Å²) in [4.78, 5) is 4.31. The van der Waals surface area contributed by atoms with Crippen molar-refractivity contribution in [1.82, 2.24) is 4.98 Å². The van der Waals surface area contributed by atoms with Gasteiger partial charge in [0, 0.05) is 17.9 Å². The highest BCUT2D eigenvalue weighted by Crippen LogP contribution is 2.53. The molecule has 0 bridgehead atoms. The van der Waals surface area contributed by atoms with Crippen molar-refractivity contribution in [2.45, 2.75) is 43.4 Å². The number of thiazole rings is 1. The molecule has 0 unspecified atom stereocenters. The fourth-order valence-electron chi connectivity index (χ4n) is 5.70. The van der Waals surface area contributed by atoms with E-state index in [9.17, 15) is 27.9 Å². The Kier molecular flexibility index (Phi) is 4.99. The number of aromatic nitrogens is 1. The molecule has 0 saturated carbocycles. The van der Waals surface area contributed by atoms with Gasteiger partial charge in [-0.2, -0.15) is 5.26 Å². The molecule has 1 aromatic heterocycles. The Hall–Kier alpha value is -3.28. The number of nitriles is 1. The fourth-order valence-corrected chi connectivity index (χ4v) is 6.52. The SMILES string of the molecule is N#Cc1cc(F)cc2c1[C@@H](c1ccc(-c3cccc4ncsc34)c3c1CC(F)(F)[C@H]3O)CC[C@@H]2F. The third kappa shape index (κ3) is 3.29. The molecule has 0 spiro atoms. The van der Waals surface area contributed by atoms with Gasteiger partial charge in [-0.3, -0.25) is 0 Å². The number of alkyl halides is 3. The summed E-state index contributed by atoms with van der Waals surface area (Å²) in [6.07, 6.45) is -3.74.